The van der Waals surface area contributed by atoms with Gasteiger partial charge in [0, 0.05) is 19.3 Å². The Morgan fingerprint density at radius 3 is 0.718 bits per heavy atom. The molecule has 0 aliphatic rings. The second-order valence-electron chi connectivity index (χ2n) is 21.3. The van der Waals surface area contributed by atoms with Gasteiger partial charge < -0.3 is 14.2 Å². The van der Waals surface area contributed by atoms with Crippen LogP contribution in [0.4, 0.5) is 0 Å². The fourth-order valence-electron chi connectivity index (χ4n) is 9.31. The molecular formula is C65H120O6. The van der Waals surface area contributed by atoms with Crippen LogP contribution < -0.4 is 0 Å². The predicted molar refractivity (Wildman–Crippen MR) is 307 cm³/mol. The first-order valence-corrected chi connectivity index (χ1v) is 31.5. The van der Waals surface area contributed by atoms with Gasteiger partial charge in [0.25, 0.3) is 0 Å². The van der Waals surface area contributed by atoms with Gasteiger partial charge in [-0.2, -0.15) is 0 Å². The third-order valence-electron chi connectivity index (χ3n) is 14.1. The largest absolute Gasteiger partial charge is 0.462 e. The van der Waals surface area contributed by atoms with E-state index in [1.807, 2.05) is 0 Å². The average Bonchev–Trinajstić information content (AvgIpc) is 3.37. The molecule has 0 unspecified atom stereocenters. The Bertz CT molecular complexity index is 1190. The Balaban J connectivity index is 4.30. The molecule has 6 nitrogen and oxygen atoms in total. The van der Waals surface area contributed by atoms with Gasteiger partial charge in [0.1, 0.15) is 13.2 Å². The average molecular weight is 998 g/mol. The van der Waals surface area contributed by atoms with Crippen LogP contribution >= 0.6 is 0 Å². The fourth-order valence-corrected chi connectivity index (χ4v) is 9.31. The summed E-state index contributed by atoms with van der Waals surface area (Å²) in [6.07, 6.45) is 72.9. The number of rotatable bonds is 58. The second kappa shape index (κ2) is 60.2. The van der Waals surface area contributed by atoms with Gasteiger partial charge in [-0.1, -0.05) is 263 Å². The van der Waals surface area contributed by atoms with Crippen LogP contribution in [-0.4, -0.2) is 37.2 Å². The Hall–Kier alpha value is -2.37. The van der Waals surface area contributed by atoms with Crippen molar-refractivity contribution in [3.05, 3.63) is 36.5 Å². The maximum absolute atomic E-state index is 12.9. The third-order valence-corrected chi connectivity index (χ3v) is 14.1. The SMILES string of the molecule is CCCCCC/C=C\CCCCCCCC(=O)OC[C@@H](COC(=O)CCCCCCCCCCCCC/C=C\CCCCCCCC)OC(=O)CCCCCCCCCCC/C=C\CCCCCCCC. The van der Waals surface area contributed by atoms with Gasteiger partial charge in [0.15, 0.2) is 6.10 Å². The molecule has 0 N–H and O–H groups in total. The highest BCUT2D eigenvalue weighted by Gasteiger charge is 2.19. The minimum absolute atomic E-state index is 0.0729. The van der Waals surface area contributed by atoms with E-state index < -0.39 is 6.10 Å². The topological polar surface area (TPSA) is 78.9 Å². The normalized spacial score (nSPS) is 12.2. The van der Waals surface area contributed by atoms with Crippen LogP contribution in [0.5, 0.6) is 0 Å². The molecule has 0 aromatic rings. The molecule has 1 atom stereocenters. The fraction of sp³-hybridized carbons (Fsp3) is 0.862. The van der Waals surface area contributed by atoms with Crippen molar-refractivity contribution >= 4 is 17.9 Å². The molecule has 0 aromatic heterocycles. The van der Waals surface area contributed by atoms with Gasteiger partial charge >= 0.3 is 17.9 Å². The number of hydrogen-bond donors (Lipinski definition) is 0. The van der Waals surface area contributed by atoms with Crippen LogP contribution in [0.1, 0.15) is 342 Å². The lowest BCUT2D eigenvalue weighted by molar-refractivity contribution is -0.167. The lowest BCUT2D eigenvalue weighted by atomic mass is 10.0. The molecular weight excluding hydrogens is 877 g/mol. The number of hydrogen-bond acceptors (Lipinski definition) is 6. The summed E-state index contributed by atoms with van der Waals surface area (Å²) in [6, 6.07) is 0. The Morgan fingerprint density at radius 2 is 0.465 bits per heavy atom. The monoisotopic (exact) mass is 997 g/mol. The lowest BCUT2D eigenvalue weighted by Gasteiger charge is -2.18. The van der Waals surface area contributed by atoms with Crippen LogP contribution in [0.2, 0.25) is 0 Å². The minimum Gasteiger partial charge on any atom is -0.462 e. The van der Waals surface area contributed by atoms with E-state index in [1.165, 1.54) is 238 Å². The summed E-state index contributed by atoms with van der Waals surface area (Å²) in [4.78, 5) is 38.3. The zero-order chi connectivity index (χ0) is 51.4. The molecule has 0 aromatic carbocycles. The lowest BCUT2D eigenvalue weighted by Crippen LogP contribution is -2.30. The number of carbonyl (C=O) groups excluding carboxylic acids is 3. The number of unbranched alkanes of at least 4 members (excludes halogenated alkanes) is 41. The molecule has 0 aliphatic heterocycles. The molecule has 0 saturated carbocycles. The van der Waals surface area contributed by atoms with Gasteiger partial charge in [-0.05, 0) is 96.3 Å². The molecule has 0 saturated heterocycles. The molecule has 0 heterocycles. The zero-order valence-corrected chi connectivity index (χ0v) is 47.8. The molecule has 0 amide bonds. The highest BCUT2D eigenvalue weighted by molar-refractivity contribution is 5.71. The van der Waals surface area contributed by atoms with E-state index in [4.69, 9.17) is 14.2 Å². The first-order chi connectivity index (χ1) is 35.0. The molecule has 0 aliphatic carbocycles. The first-order valence-electron chi connectivity index (χ1n) is 31.5. The van der Waals surface area contributed by atoms with Gasteiger partial charge in [0.05, 0.1) is 0 Å². The van der Waals surface area contributed by atoms with E-state index >= 15 is 0 Å². The maximum atomic E-state index is 12.9. The van der Waals surface area contributed by atoms with Gasteiger partial charge in [-0.25, -0.2) is 0 Å². The van der Waals surface area contributed by atoms with Crippen molar-refractivity contribution < 1.29 is 28.6 Å². The summed E-state index contributed by atoms with van der Waals surface area (Å²) < 4.78 is 16.9. The van der Waals surface area contributed by atoms with Crippen molar-refractivity contribution in [2.45, 2.75) is 348 Å². The van der Waals surface area contributed by atoms with E-state index in [9.17, 15) is 14.4 Å². The predicted octanol–water partition coefficient (Wildman–Crippen LogP) is 21.2. The smallest absolute Gasteiger partial charge is 0.306 e. The first kappa shape index (κ1) is 68.6. The molecule has 6 heteroatoms. The molecule has 0 bridgehead atoms. The van der Waals surface area contributed by atoms with Crippen molar-refractivity contribution in [1.29, 1.82) is 0 Å². The molecule has 0 spiro atoms. The van der Waals surface area contributed by atoms with Crippen LogP contribution in [0.3, 0.4) is 0 Å². The maximum Gasteiger partial charge on any atom is 0.306 e. The van der Waals surface area contributed by atoms with Gasteiger partial charge in [-0.3, -0.25) is 14.4 Å². The number of allylic oxidation sites excluding steroid dienone is 6. The molecule has 0 rings (SSSR count). The molecule has 0 fully saturated rings. The van der Waals surface area contributed by atoms with E-state index in [0.29, 0.717) is 19.3 Å². The molecule has 71 heavy (non-hydrogen) atoms. The van der Waals surface area contributed by atoms with Gasteiger partial charge in [0.2, 0.25) is 0 Å². The van der Waals surface area contributed by atoms with E-state index in [0.717, 1.165) is 64.2 Å². The standard InChI is InChI=1S/C65H120O6/c1-4-7-10-13-16-19-22-25-27-29-31-32-34-35-37-40-43-46-49-52-55-58-64(67)70-61-62(60-69-63(66)57-54-51-48-45-42-39-24-21-18-15-12-9-6-3)71-65(68)59-56-53-50-47-44-41-38-36-33-30-28-26-23-20-17-14-11-8-5-2/h21,24-28,62H,4-20,22-23,29-61H2,1-3H3/b24-21-,27-25-,28-26-/t62-/m0/s1. The van der Waals surface area contributed by atoms with Crippen molar-refractivity contribution in [1.82, 2.24) is 0 Å². The highest BCUT2D eigenvalue weighted by atomic mass is 16.6. The van der Waals surface area contributed by atoms with E-state index in [1.54, 1.807) is 0 Å². The second-order valence-corrected chi connectivity index (χ2v) is 21.3. The van der Waals surface area contributed by atoms with E-state index in [-0.39, 0.29) is 31.1 Å². The third kappa shape index (κ3) is 58.4. The van der Waals surface area contributed by atoms with Crippen LogP contribution in [0.25, 0.3) is 0 Å². The number of ether oxygens (including phenoxy) is 3. The van der Waals surface area contributed by atoms with Crippen LogP contribution in [0.15, 0.2) is 36.5 Å². The highest BCUT2D eigenvalue weighted by Crippen LogP contribution is 2.17. The van der Waals surface area contributed by atoms with Crippen LogP contribution in [-0.2, 0) is 28.6 Å². The molecule has 0 radical (unpaired) electrons. The summed E-state index contributed by atoms with van der Waals surface area (Å²) in [5, 5.41) is 0. The number of carbonyl (C=O) groups is 3. The Kier molecular flexibility index (Phi) is 58.2. The number of esters is 3. The van der Waals surface area contributed by atoms with Gasteiger partial charge in [-0.15, -0.1) is 0 Å². The summed E-state index contributed by atoms with van der Waals surface area (Å²) in [6.45, 7) is 6.66. The quantitative estimate of drug-likeness (QED) is 0.0261. The van der Waals surface area contributed by atoms with E-state index in [2.05, 4.69) is 57.2 Å². The van der Waals surface area contributed by atoms with Crippen molar-refractivity contribution in [2.24, 2.45) is 0 Å². The van der Waals surface area contributed by atoms with Crippen LogP contribution in [0, 0.1) is 0 Å². The minimum atomic E-state index is -0.775. The summed E-state index contributed by atoms with van der Waals surface area (Å²) in [5.41, 5.74) is 0. The van der Waals surface area contributed by atoms with Crippen molar-refractivity contribution in [3.8, 4) is 0 Å². The molecule has 416 valence electrons. The van der Waals surface area contributed by atoms with Crippen molar-refractivity contribution in [2.75, 3.05) is 13.2 Å². The summed E-state index contributed by atoms with van der Waals surface area (Å²) >= 11 is 0. The summed E-state index contributed by atoms with van der Waals surface area (Å²) in [5.74, 6) is -0.865. The summed E-state index contributed by atoms with van der Waals surface area (Å²) in [7, 11) is 0. The Labute approximate surface area is 442 Å². The Morgan fingerprint density at radius 1 is 0.268 bits per heavy atom. The van der Waals surface area contributed by atoms with Crippen molar-refractivity contribution in [3.63, 3.8) is 0 Å². The zero-order valence-electron chi connectivity index (χ0n) is 47.8.